The molecule has 0 aromatic rings. The van der Waals surface area contributed by atoms with Crippen molar-refractivity contribution in [3.05, 3.63) is 0 Å². The van der Waals surface area contributed by atoms with Gasteiger partial charge in [-0.3, -0.25) is 9.59 Å². The minimum Gasteiger partial charge on any atom is -0.481 e. The third-order valence-corrected chi connectivity index (χ3v) is 2.59. The first-order valence-electron chi connectivity index (χ1n) is 5.80. The average molecular weight is 259 g/mol. The Morgan fingerprint density at radius 3 is 2.28 bits per heavy atom. The summed E-state index contributed by atoms with van der Waals surface area (Å²) in [4.78, 5) is 34.9. The van der Waals surface area contributed by atoms with Gasteiger partial charge in [0.2, 0.25) is 5.91 Å². The summed E-state index contributed by atoms with van der Waals surface area (Å²) in [5.41, 5.74) is 0. The van der Waals surface area contributed by atoms with Crippen LogP contribution in [0.25, 0.3) is 0 Å². The van der Waals surface area contributed by atoms with Gasteiger partial charge in [0.25, 0.3) is 0 Å². The number of hydrogen-bond acceptors (Lipinski definition) is 3. The standard InChI is InChI=1S/C11H21N3O4/c1-5-12-9(15)6-14(4)11(18)13-8(3)7(2)10(16)17/h7-8H,5-6H2,1-4H3,(H,12,15)(H,13,18)(H,16,17). The van der Waals surface area contributed by atoms with Crippen LogP contribution in [0.1, 0.15) is 20.8 Å². The van der Waals surface area contributed by atoms with Gasteiger partial charge in [0.05, 0.1) is 5.92 Å². The van der Waals surface area contributed by atoms with Gasteiger partial charge in [-0.2, -0.15) is 0 Å². The molecule has 2 unspecified atom stereocenters. The van der Waals surface area contributed by atoms with Gasteiger partial charge in [0, 0.05) is 19.6 Å². The summed E-state index contributed by atoms with van der Waals surface area (Å²) in [5.74, 6) is -1.92. The summed E-state index contributed by atoms with van der Waals surface area (Å²) >= 11 is 0. The van der Waals surface area contributed by atoms with Crippen LogP contribution in [-0.2, 0) is 9.59 Å². The van der Waals surface area contributed by atoms with E-state index in [1.165, 1.54) is 18.9 Å². The first-order chi connectivity index (χ1) is 8.29. The van der Waals surface area contributed by atoms with E-state index in [4.69, 9.17) is 5.11 Å². The molecular weight excluding hydrogens is 238 g/mol. The van der Waals surface area contributed by atoms with Crippen molar-refractivity contribution in [2.75, 3.05) is 20.1 Å². The summed E-state index contributed by atoms with van der Waals surface area (Å²) < 4.78 is 0. The number of carboxylic acid groups (broad SMARTS) is 1. The number of urea groups is 1. The maximum atomic E-state index is 11.7. The summed E-state index contributed by atoms with van der Waals surface area (Å²) in [7, 11) is 1.47. The lowest BCUT2D eigenvalue weighted by Crippen LogP contribution is -2.48. The Bertz CT molecular complexity index is 319. The van der Waals surface area contributed by atoms with Gasteiger partial charge in [-0.1, -0.05) is 0 Å². The van der Waals surface area contributed by atoms with Crippen molar-refractivity contribution in [3.8, 4) is 0 Å². The van der Waals surface area contributed by atoms with Crippen LogP contribution >= 0.6 is 0 Å². The van der Waals surface area contributed by atoms with Crippen LogP contribution in [0.5, 0.6) is 0 Å². The monoisotopic (exact) mass is 259 g/mol. The Kier molecular flexibility index (Phi) is 6.77. The third-order valence-electron chi connectivity index (χ3n) is 2.59. The van der Waals surface area contributed by atoms with Crippen LogP contribution in [0.4, 0.5) is 4.79 Å². The maximum Gasteiger partial charge on any atom is 0.317 e. The van der Waals surface area contributed by atoms with E-state index in [9.17, 15) is 14.4 Å². The highest BCUT2D eigenvalue weighted by atomic mass is 16.4. The molecular formula is C11H21N3O4. The number of hydrogen-bond donors (Lipinski definition) is 3. The fourth-order valence-electron chi connectivity index (χ4n) is 1.18. The van der Waals surface area contributed by atoms with Crippen molar-refractivity contribution in [1.29, 1.82) is 0 Å². The largest absolute Gasteiger partial charge is 0.481 e. The van der Waals surface area contributed by atoms with E-state index >= 15 is 0 Å². The van der Waals surface area contributed by atoms with Gasteiger partial charge in [-0.15, -0.1) is 0 Å². The minimum atomic E-state index is -0.978. The Morgan fingerprint density at radius 1 is 1.28 bits per heavy atom. The molecule has 0 radical (unpaired) electrons. The van der Waals surface area contributed by atoms with Crippen molar-refractivity contribution in [1.82, 2.24) is 15.5 Å². The van der Waals surface area contributed by atoms with Crippen LogP contribution < -0.4 is 10.6 Å². The van der Waals surface area contributed by atoms with Gasteiger partial charge in [0.15, 0.2) is 0 Å². The molecule has 0 spiro atoms. The lowest BCUT2D eigenvalue weighted by molar-refractivity contribution is -0.141. The lowest BCUT2D eigenvalue weighted by atomic mass is 10.0. The second-order valence-electron chi connectivity index (χ2n) is 4.17. The summed E-state index contributed by atoms with van der Waals surface area (Å²) in [6.45, 7) is 5.34. The van der Waals surface area contributed by atoms with E-state index in [1.54, 1.807) is 13.8 Å². The second-order valence-corrected chi connectivity index (χ2v) is 4.17. The number of carboxylic acids is 1. The fourth-order valence-corrected chi connectivity index (χ4v) is 1.18. The first-order valence-corrected chi connectivity index (χ1v) is 5.80. The number of carbonyl (C=O) groups is 3. The number of aliphatic carboxylic acids is 1. The van der Waals surface area contributed by atoms with Crippen LogP contribution in [0.15, 0.2) is 0 Å². The van der Waals surface area contributed by atoms with E-state index in [0.717, 1.165) is 0 Å². The molecule has 0 saturated heterocycles. The highest BCUT2D eigenvalue weighted by molar-refractivity contribution is 5.84. The molecule has 0 bridgehead atoms. The Labute approximate surface area is 107 Å². The number of nitrogens with zero attached hydrogens (tertiary/aromatic N) is 1. The van der Waals surface area contributed by atoms with Crippen LogP contribution in [0.2, 0.25) is 0 Å². The molecule has 0 saturated carbocycles. The molecule has 7 heteroatoms. The third kappa shape index (κ3) is 5.51. The van der Waals surface area contributed by atoms with Gasteiger partial charge in [-0.05, 0) is 20.8 Å². The van der Waals surface area contributed by atoms with Crippen molar-refractivity contribution in [2.24, 2.45) is 5.92 Å². The zero-order valence-electron chi connectivity index (χ0n) is 11.2. The van der Waals surface area contributed by atoms with Gasteiger partial charge in [0.1, 0.15) is 6.54 Å². The van der Waals surface area contributed by atoms with Crippen LogP contribution in [0.3, 0.4) is 0 Å². The zero-order valence-corrected chi connectivity index (χ0v) is 11.2. The maximum absolute atomic E-state index is 11.7. The predicted octanol–water partition coefficient (Wildman–Crippen LogP) is -0.127. The normalized spacial score (nSPS) is 13.3. The molecule has 0 aliphatic carbocycles. The van der Waals surface area contributed by atoms with Crippen LogP contribution in [-0.4, -0.2) is 54.1 Å². The molecule has 0 heterocycles. The van der Waals surface area contributed by atoms with E-state index < -0.39 is 24.0 Å². The highest BCUT2D eigenvalue weighted by Gasteiger charge is 2.22. The van der Waals surface area contributed by atoms with Crippen molar-refractivity contribution in [2.45, 2.75) is 26.8 Å². The summed E-state index contributed by atoms with van der Waals surface area (Å²) in [6.07, 6.45) is 0. The van der Waals surface area contributed by atoms with Crippen molar-refractivity contribution < 1.29 is 19.5 Å². The summed E-state index contributed by atoms with van der Waals surface area (Å²) in [6, 6.07) is -0.978. The van der Waals surface area contributed by atoms with Crippen molar-refractivity contribution in [3.63, 3.8) is 0 Å². The number of likely N-dealkylation sites (N-methyl/N-ethyl adjacent to an activating group) is 2. The van der Waals surface area contributed by atoms with E-state index in [1.807, 2.05) is 0 Å². The molecule has 0 aromatic carbocycles. The Hall–Kier alpha value is -1.79. The lowest BCUT2D eigenvalue weighted by Gasteiger charge is -2.22. The molecule has 2 atom stereocenters. The molecule has 0 aliphatic rings. The van der Waals surface area contributed by atoms with Gasteiger partial charge >= 0.3 is 12.0 Å². The molecule has 3 N–H and O–H groups in total. The first kappa shape index (κ1) is 16.2. The molecule has 0 aromatic heterocycles. The predicted molar refractivity (Wildman–Crippen MR) is 66.1 cm³/mol. The smallest absolute Gasteiger partial charge is 0.317 e. The van der Waals surface area contributed by atoms with E-state index in [-0.39, 0.29) is 12.5 Å². The number of amides is 3. The quantitative estimate of drug-likeness (QED) is 0.619. The van der Waals surface area contributed by atoms with E-state index in [2.05, 4.69) is 10.6 Å². The molecule has 18 heavy (non-hydrogen) atoms. The average Bonchev–Trinajstić information content (AvgIpc) is 2.27. The molecule has 0 aliphatic heterocycles. The van der Waals surface area contributed by atoms with Crippen molar-refractivity contribution >= 4 is 17.9 Å². The Morgan fingerprint density at radius 2 is 1.83 bits per heavy atom. The fraction of sp³-hybridized carbons (Fsp3) is 0.727. The van der Waals surface area contributed by atoms with E-state index in [0.29, 0.717) is 6.54 Å². The summed E-state index contributed by atoms with van der Waals surface area (Å²) in [5, 5.41) is 13.9. The number of carbonyl (C=O) groups excluding carboxylic acids is 2. The Balaban J connectivity index is 4.23. The second kappa shape index (κ2) is 7.52. The molecule has 7 nitrogen and oxygen atoms in total. The number of rotatable bonds is 6. The van der Waals surface area contributed by atoms with Crippen LogP contribution in [0, 0.1) is 5.92 Å². The molecule has 3 amide bonds. The van der Waals surface area contributed by atoms with Gasteiger partial charge in [-0.25, -0.2) is 4.79 Å². The molecule has 0 fully saturated rings. The number of nitrogens with one attached hydrogen (secondary N) is 2. The SMILES string of the molecule is CCNC(=O)CN(C)C(=O)NC(C)C(C)C(=O)O. The topological polar surface area (TPSA) is 98.7 Å². The zero-order chi connectivity index (χ0) is 14.3. The molecule has 0 rings (SSSR count). The van der Waals surface area contributed by atoms with Gasteiger partial charge < -0.3 is 20.6 Å². The molecule has 104 valence electrons. The highest BCUT2D eigenvalue weighted by Crippen LogP contribution is 2.02. The minimum absolute atomic E-state index is 0.0617.